The lowest BCUT2D eigenvalue weighted by molar-refractivity contribution is -0.123. The Morgan fingerprint density at radius 2 is 2.24 bits per heavy atom. The van der Waals surface area contributed by atoms with Crippen LogP contribution in [-0.2, 0) is 18.3 Å². The number of rotatable bonds is 6. The molecule has 1 unspecified atom stereocenters. The van der Waals surface area contributed by atoms with Crippen molar-refractivity contribution in [3.05, 3.63) is 34.5 Å². The van der Waals surface area contributed by atoms with E-state index in [0.717, 1.165) is 17.7 Å². The lowest BCUT2D eigenvalue weighted by atomic mass is 10.1. The van der Waals surface area contributed by atoms with Crippen LogP contribution in [-0.4, -0.2) is 34.3 Å². The molecule has 6 nitrogen and oxygen atoms in total. The minimum atomic E-state index is -0.371. The molecule has 118 valence electrons. The molecule has 2 heterocycles. The van der Waals surface area contributed by atoms with Crippen molar-refractivity contribution in [2.75, 3.05) is 13.6 Å². The van der Waals surface area contributed by atoms with Crippen molar-refractivity contribution in [2.24, 2.45) is 7.05 Å². The number of carbonyl (C=O) groups excluding carboxylic acids is 1. The van der Waals surface area contributed by atoms with Gasteiger partial charge in [-0.25, -0.2) is 4.98 Å². The van der Waals surface area contributed by atoms with Crippen molar-refractivity contribution < 1.29 is 4.79 Å². The first-order valence-electron chi connectivity index (χ1n) is 6.01. The number of halogens is 2. The van der Waals surface area contributed by atoms with E-state index in [1.807, 2.05) is 18.6 Å². The van der Waals surface area contributed by atoms with Crippen molar-refractivity contribution in [3.63, 3.8) is 0 Å². The molecule has 0 spiro atoms. The number of nitrogens with zero attached hydrogens (tertiary/aromatic N) is 3. The van der Waals surface area contributed by atoms with Gasteiger partial charge in [0, 0.05) is 37.2 Å². The van der Waals surface area contributed by atoms with E-state index in [0.29, 0.717) is 6.54 Å². The number of hydrogen-bond acceptors (Lipinski definition) is 5. The molecule has 21 heavy (non-hydrogen) atoms. The molecule has 2 N–H and O–H groups in total. The fourth-order valence-electron chi connectivity index (χ4n) is 1.82. The van der Waals surface area contributed by atoms with Crippen molar-refractivity contribution >= 4 is 42.1 Å². The number of thiazole rings is 1. The maximum atomic E-state index is 12.1. The predicted molar refractivity (Wildman–Crippen MR) is 88.3 cm³/mol. The van der Waals surface area contributed by atoms with Crippen LogP contribution in [0.3, 0.4) is 0 Å². The summed E-state index contributed by atoms with van der Waals surface area (Å²) >= 11 is 1.56. The van der Waals surface area contributed by atoms with Gasteiger partial charge in [-0.15, -0.1) is 36.2 Å². The Morgan fingerprint density at radius 1 is 1.48 bits per heavy atom. The Bertz CT molecular complexity index is 531. The molecule has 2 aromatic rings. The van der Waals surface area contributed by atoms with Gasteiger partial charge in [-0.3, -0.25) is 9.48 Å². The summed E-state index contributed by atoms with van der Waals surface area (Å²) in [7, 11) is 3.59. The van der Waals surface area contributed by atoms with E-state index in [4.69, 9.17) is 0 Å². The summed E-state index contributed by atoms with van der Waals surface area (Å²) in [6.45, 7) is 0.584. The molecule has 0 bridgehead atoms. The minimum absolute atomic E-state index is 0. The van der Waals surface area contributed by atoms with Crippen LogP contribution in [0.2, 0.25) is 0 Å². The van der Waals surface area contributed by atoms with Gasteiger partial charge in [0.2, 0.25) is 5.91 Å². The Balaban J connectivity index is 0.00000200. The van der Waals surface area contributed by atoms with Crippen molar-refractivity contribution in [3.8, 4) is 0 Å². The van der Waals surface area contributed by atoms with Gasteiger partial charge in [-0.2, -0.15) is 5.10 Å². The van der Waals surface area contributed by atoms with Crippen molar-refractivity contribution in [1.82, 2.24) is 25.4 Å². The normalized spacial score (nSPS) is 11.1. The largest absolute Gasteiger partial charge is 0.354 e. The molecule has 1 atom stereocenters. The maximum absolute atomic E-state index is 12.1. The lowest BCUT2D eigenvalue weighted by Gasteiger charge is -2.14. The third-order valence-corrected chi connectivity index (χ3v) is 3.41. The summed E-state index contributed by atoms with van der Waals surface area (Å²) < 4.78 is 1.68. The minimum Gasteiger partial charge on any atom is -0.354 e. The van der Waals surface area contributed by atoms with Crippen LogP contribution in [0.25, 0.3) is 0 Å². The van der Waals surface area contributed by atoms with Crippen LogP contribution in [0.4, 0.5) is 0 Å². The van der Waals surface area contributed by atoms with Gasteiger partial charge in [0.25, 0.3) is 0 Å². The monoisotopic (exact) mass is 351 g/mol. The molecule has 0 aliphatic rings. The second kappa shape index (κ2) is 9.73. The predicted octanol–water partition coefficient (Wildman–Crippen LogP) is 1.34. The van der Waals surface area contributed by atoms with Crippen molar-refractivity contribution in [2.45, 2.75) is 12.5 Å². The molecule has 9 heteroatoms. The molecule has 1 amide bonds. The van der Waals surface area contributed by atoms with Gasteiger partial charge in [0.05, 0.1) is 17.4 Å². The second-order valence-electron chi connectivity index (χ2n) is 4.19. The fourth-order valence-corrected chi connectivity index (χ4v) is 2.41. The molecule has 0 aliphatic heterocycles. The van der Waals surface area contributed by atoms with Crippen molar-refractivity contribution in [1.29, 1.82) is 0 Å². The first kappa shape index (κ1) is 19.9. The van der Waals surface area contributed by atoms with E-state index in [-0.39, 0.29) is 36.8 Å². The summed E-state index contributed by atoms with van der Waals surface area (Å²) in [5, 5.41) is 12.0. The van der Waals surface area contributed by atoms with E-state index >= 15 is 0 Å². The molecule has 0 aliphatic carbocycles. The molecule has 0 saturated heterocycles. The Morgan fingerprint density at radius 3 is 2.76 bits per heavy atom. The molecule has 2 aromatic heterocycles. The number of aryl methyl sites for hydroxylation is 1. The molecule has 0 fully saturated rings. The summed E-state index contributed by atoms with van der Waals surface area (Å²) in [5.41, 5.74) is 3.66. The highest BCUT2D eigenvalue weighted by Gasteiger charge is 2.19. The number of nitrogens with one attached hydrogen (secondary N) is 2. The van der Waals surface area contributed by atoms with Crippen LogP contribution < -0.4 is 10.6 Å². The SMILES string of the molecule is CNC(C(=O)NCCc1cscn1)c1cnn(C)c1.Cl.Cl. The Hall–Kier alpha value is -1.15. The first-order valence-corrected chi connectivity index (χ1v) is 6.95. The molecule has 0 radical (unpaired) electrons. The van der Waals surface area contributed by atoms with Crippen LogP contribution in [0, 0.1) is 0 Å². The van der Waals surface area contributed by atoms with Gasteiger partial charge in [-0.05, 0) is 7.05 Å². The van der Waals surface area contributed by atoms with Crippen LogP contribution in [0.15, 0.2) is 23.3 Å². The van der Waals surface area contributed by atoms with Gasteiger partial charge in [0.1, 0.15) is 6.04 Å². The Labute approximate surface area is 140 Å². The van der Waals surface area contributed by atoms with E-state index in [9.17, 15) is 4.79 Å². The highest BCUT2D eigenvalue weighted by molar-refractivity contribution is 7.07. The van der Waals surface area contributed by atoms with Crippen LogP contribution >= 0.6 is 36.2 Å². The molecular formula is C12H19Cl2N5OS. The van der Waals surface area contributed by atoms with Gasteiger partial charge >= 0.3 is 0 Å². The van der Waals surface area contributed by atoms with Gasteiger partial charge < -0.3 is 10.6 Å². The number of amides is 1. The number of likely N-dealkylation sites (N-methyl/N-ethyl adjacent to an activating group) is 1. The summed E-state index contributed by atoms with van der Waals surface area (Å²) in [6, 6.07) is -0.371. The third-order valence-electron chi connectivity index (χ3n) is 2.77. The zero-order valence-electron chi connectivity index (χ0n) is 11.8. The van der Waals surface area contributed by atoms with Crippen LogP contribution in [0.1, 0.15) is 17.3 Å². The zero-order chi connectivity index (χ0) is 13.7. The lowest BCUT2D eigenvalue weighted by Crippen LogP contribution is -2.36. The van der Waals surface area contributed by atoms with E-state index in [1.165, 1.54) is 0 Å². The topological polar surface area (TPSA) is 71.8 Å². The van der Waals surface area contributed by atoms with E-state index < -0.39 is 0 Å². The average molecular weight is 352 g/mol. The maximum Gasteiger partial charge on any atom is 0.241 e. The standard InChI is InChI=1S/C12H17N5OS.2ClH/c1-13-11(9-5-16-17(2)6-9)12(18)14-4-3-10-7-19-8-15-10;;/h5-8,11,13H,3-4H2,1-2H3,(H,14,18);2*1H. The van der Waals surface area contributed by atoms with E-state index in [2.05, 4.69) is 20.7 Å². The highest BCUT2D eigenvalue weighted by atomic mass is 35.5. The quantitative estimate of drug-likeness (QED) is 0.823. The molecule has 0 saturated carbocycles. The van der Waals surface area contributed by atoms with E-state index in [1.54, 1.807) is 34.8 Å². The molecular weight excluding hydrogens is 333 g/mol. The fraction of sp³-hybridized carbons (Fsp3) is 0.417. The summed E-state index contributed by atoms with van der Waals surface area (Å²) in [4.78, 5) is 16.3. The highest BCUT2D eigenvalue weighted by Crippen LogP contribution is 2.11. The summed E-state index contributed by atoms with van der Waals surface area (Å²) in [6.07, 6.45) is 4.28. The number of hydrogen-bond donors (Lipinski definition) is 2. The Kier molecular flexibility index (Phi) is 9.19. The molecule has 0 aromatic carbocycles. The molecule has 2 rings (SSSR count). The first-order chi connectivity index (χ1) is 9.20. The van der Waals surface area contributed by atoms with Gasteiger partial charge in [0.15, 0.2) is 0 Å². The van der Waals surface area contributed by atoms with Gasteiger partial charge in [-0.1, -0.05) is 0 Å². The second-order valence-corrected chi connectivity index (χ2v) is 4.91. The van der Waals surface area contributed by atoms with Crippen LogP contribution in [0.5, 0.6) is 0 Å². The smallest absolute Gasteiger partial charge is 0.241 e. The third kappa shape index (κ3) is 5.62. The number of aromatic nitrogens is 3. The number of carbonyl (C=O) groups is 1. The summed E-state index contributed by atoms with van der Waals surface area (Å²) in [5.74, 6) is -0.0503. The zero-order valence-corrected chi connectivity index (χ0v) is 14.2. The average Bonchev–Trinajstić information content (AvgIpc) is 3.02.